The van der Waals surface area contributed by atoms with Crippen LogP contribution in [0.3, 0.4) is 0 Å². The van der Waals surface area contributed by atoms with Gasteiger partial charge in [0.25, 0.3) is 0 Å². The van der Waals surface area contributed by atoms with Crippen LogP contribution in [0.2, 0.25) is 0 Å². The Kier molecular flexibility index (Phi) is 3.57. The zero-order chi connectivity index (χ0) is 13.3. The van der Waals surface area contributed by atoms with Crippen LogP contribution in [0, 0.1) is 19.7 Å². The topological polar surface area (TPSA) is 87.0 Å². The first kappa shape index (κ1) is 13.2. The Morgan fingerprint density at radius 1 is 1.35 bits per heavy atom. The summed E-state index contributed by atoms with van der Waals surface area (Å²) < 4.78 is 18.5. The molecule has 0 aromatic heterocycles. The molecule has 0 spiro atoms. The number of phenols is 1. The smallest absolute Gasteiger partial charge is 0.337 e. The first-order chi connectivity index (χ1) is 7.82. The molecule has 1 aromatic rings. The molecule has 94 valence electrons. The third-order valence-corrected chi connectivity index (χ3v) is 2.58. The van der Waals surface area contributed by atoms with E-state index in [1.807, 2.05) is 0 Å². The number of hydrogen-bond donors (Lipinski definition) is 3. The van der Waals surface area contributed by atoms with Crippen molar-refractivity contribution < 1.29 is 29.2 Å². The van der Waals surface area contributed by atoms with Crippen LogP contribution in [0.5, 0.6) is 11.5 Å². The molecule has 5 nitrogen and oxygen atoms in total. The number of hydrogen-bond acceptors (Lipinski definition) is 4. The molecular weight excluding hydrogens is 231 g/mol. The zero-order valence-corrected chi connectivity index (χ0v) is 9.61. The minimum Gasteiger partial charge on any atom is -0.504 e. The van der Waals surface area contributed by atoms with Gasteiger partial charge in [-0.05, 0) is 19.4 Å². The second-order valence-corrected chi connectivity index (χ2v) is 3.60. The number of carbonyl (C=O) groups is 1. The molecule has 1 unspecified atom stereocenters. The Morgan fingerprint density at radius 3 is 2.29 bits per heavy atom. The second kappa shape index (κ2) is 4.58. The van der Waals surface area contributed by atoms with E-state index in [0.29, 0.717) is 0 Å². The van der Waals surface area contributed by atoms with Crippen LogP contribution in [0.4, 0.5) is 4.39 Å². The van der Waals surface area contributed by atoms with E-state index in [1.54, 1.807) is 0 Å². The van der Waals surface area contributed by atoms with E-state index in [9.17, 15) is 19.4 Å². The molecule has 0 aliphatic carbocycles. The largest absolute Gasteiger partial charge is 0.504 e. The molecule has 1 aromatic carbocycles. The summed E-state index contributed by atoms with van der Waals surface area (Å²) in [5.41, 5.74) is -0.447. The number of carboxylic acid groups (broad SMARTS) is 1. The lowest BCUT2D eigenvalue weighted by Crippen LogP contribution is -2.14. The maximum absolute atomic E-state index is 13.7. The molecule has 0 saturated heterocycles. The van der Waals surface area contributed by atoms with Crippen molar-refractivity contribution in [3.05, 3.63) is 22.5 Å². The van der Waals surface area contributed by atoms with E-state index >= 15 is 0 Å². The molecule has 0 radical (unpaired) electrons. The van der Waals surface area contributed by atoms with Crippen molar-refractivity contribution in [3.8, 4) is 11.5 Å². The maximum Gasteiger partial charge on any atom is 0.337 e. The normalized spacial score (nSPS) is 12.3. The summed E-state index contributed by atoms with van der Waals surface area (Å²) in [6.07, 6.45) is -2.00. The summed E-state index contributed by atoms with van der Waals surface area (Å²) in [4.78, 5) is 10.7. The van der Waals surface area contributed by atoms with Crippen molar-refractivity contribution >= 4 is 5.97 Å². The molecule has 1 rings (SSSR count). The Morgan fingerprint density at radius 2 is 1.88 bits per heavy atom. The van der Waals surface area contributed by atoms with Crippen LogP contribution in [0.1, 0.15) is 22.8 Å². The summed E-state index contributed by atoms with van der Waals surface area (Å²) in [5.74, 6) is -3.02. The van der Waals surface area contributed by atoms with Crippen LogP contribution in [-0.4, -0.2) is 28.4 Å². The molecule has 3 N–H and O–H groups in total. The Labute approximate surface area is 97.1 Å². The molecule has 0 amide bonds. The van der Waals surface area contributed by atoms with E-state index in [-0.39, 0.29) is 16.9 Å². The fourth-order valence-electron chi connectivity index (χ4n) is 1.68. The first-order valence-corrected chi connectivity index (χ1v) is 4.79. The van der Waals surface area contributed by atoms with Gasteiger partial charge in [0.1, 0.15) is 5.82 Å². The molecule has 0 aliphatic rings. The van der Waals surface area contributed by atoms with Gasteiger partial charge in [0.05, 0.1) is 7.11 Å². The minimum absolute atomic E-state index is 0.0591. The van der Waals surface area contributed by atoms with Gasteiger partial charge in [-0.15, -0.1) is 0 Å². The monoisotopic (exact) mass is 244 g/mol. The molecule has 0 aliphatic heterocycles. The Hall–Kier alpha value is -1.82. The lowest BCUT2D eigenvalue weighted by molar-refractivity contribution is -0.147. The summed E-state index contributed by atoms with van der Waals surface area (Å²) in [7, 11) is 1.22. The van der Waals surface area contributed by atoms with Gasteiger partial charge in [-0.3, -0.25) is 0 Å². The summed E-state index contributed by atoms with van der Waals surface area (Å²) >= 11 is 0. The number of aromatic hydroxyl groups is 1. The van der Waals surface area contributed by atoms with E-state index in [4.69, 9.17) is 9.84 Å². The molecular formula is C11H13FO5. The van der Waals surface area contributed by atoms with Crippen LogP contribution >= 0.6 is 0 Å². The number of carboxylic acids is 1. The molecule has 0 saturated carbocycles. The standard InChI is InChI=1S/C11H13FO5/c1-4-6(9(14)11(15)16)8(13)10(17-3)5(2)7(4)12/h9,13-14H,1-3H3,(H,15,16). The van der Waals surface area contributed by atoms with E-state index in [2.05, 4.69) is 0 Å². The molecule has 6 heteroatoms. The molecule has 1 atom stereocenters. The van der Waals surface area contributed by atoms with Gasteiger partial charge in [0.2, 0.25) is 0 Å². The lowest BCUT2D eigenvalue weighted by Gasteiger charge is -2.17. The Bertz CT molecular complexity index is 470. The summed E-state index contributed by atoms with van der Waals surface area (Å²) in [6.45, 7) is 2.67. The van der Waals surface area contributed by atoms with E-state index in [1.165, 1.54) is 21.0 Å². The molecule has 0 fully saturated rings. The number of aliphatic carboxylic acids is 1. The van der Waals surface area contributed by atoms with Gasteiger partial charge < -0.3 is 20.1 Å². The number of rotatable bonds is 3. The number of halogens is 1. The predicted octanol–water partition coefficient (Wildman–Crippen LogP) is 1.27. The fraction of sp³-hybridized carbons (Fsp3) is 0.364. The van der Waals surface area contributed by atoms with Gasteiger partial charge in [-0.2, -0.15) is 0 Å². The quantitative estimate of drug-likeness (QED) is 0.745. The van der Waals surface area contributed by atoms with E-state index < -0.39 is 29.2 Å². The zero-order valence-electron chi connectivity index (χ0n) is 9.61. The molecule has 17 heavy (non-hydrogen) atoms. The number of aliphatic hydroxyl groups excluding tert-OH is 1. The molecule has 0 bridgehead atoms. The highest BCUT2D eigenvalue weighted by molar-refractivity contribution is 5.77. The van der Waals surface area contributed by atoms with Crippen LogP contribution in [0.25, 0.3) is 0 Å². The lowest BCUT2D eigenvalue weighted by atomic mass is 9.97. The third kappa shape index (κ3) is 2.03. The average molecular weight is 244 g/mol. The number of ether oxygens (including phenoxy) is 1. The summed E-state index contributed by atoms with van der Waals surface area (Å²) in [6, 6.07) is 0. The van der Waals surface area contributed by atoms with Crippen molar-refractivity contribution in [1.82, 2.24) is 0 Å². The van der Waals surface area contributed by atoms with Crippen LogP contribution in [-0.2, 0) is 4.79 Å². The van der Waals surface area contributed by atoms with Crippen LogP contribution < -0.4 is 4.74 Å². The van der Waals surface area contributed by atoms with Crippen molar-refractivity contribution in [2.24, 2.45) is 0 Å². The number of phenolic OH excluding ortho intramolecular Hbond substituents is 1. The summed E-state index contributed by atoms with van der Waals surface area (Å²) in [5, 5.41) is 27.9. The highest BCUT2D eigenvalue weighted by Crippen LogP contribution is 2.40. The van der Waals surface area contributed by atoms with Crippen molar-refractivity contribution in [2.45, 2.75) is 20.0 Å². The van der Waals surface area contributed by atoms with Crippen LogP contribution in [0.15, 0.2) is 0 Å². The number of aliphatic hydroxyl groups is 1. The number of benzene rings is 1. The Balaban J connectivity index is 3.61. The fourth-order valence-corrected chi connectivity index (χ4v) is 1.68. The highest BCUT2D eigenvalue weighted by atomic mass is 19.1. The van der Waals surface area contributed by atoms with Crippen molar-refractivity contribution in [2.75, 3.05) is 7.11 Å². The highest BCUT2D eigenvalue weighted by Gasteiger charge is 2.28. The van der Waals surface area contributed by atoms with Gasteiger partial charge in [0.15, 0.2) is 17.6 Å². The predicted molar refractivity (Wildman–Crippen MR) is 56.7 cm³/mol. The number of methoxy groups -OCH3 is 1. The van der Waals surface area contributed by atoms with Gasteiger partial charge in [0, 0.05) is 11.1 Å². The average Bonchev–Trinajstić information content (AvgIpc) is 2.27. The second-order valence-electron chi connectivity index (χ2n) is 3.60. The van der Waals surface area contributed by atoms with Crippen molar-refractivity contribution in [3.63, 3.8) is 0 Å². The molecule has 0 heterocycles. The van der Waals surface area contributed by atoms with E-state index in [0.717, 1.165) is 0 Å². The van der Waals surface area contributed by atoms with Gasteiger partial charge in [-0.1, -0.05) is 0 Å². The van der Waals surface area contributed by atoms with Crippen molar-refractivity contribution in [1.29, 1.82) is 0 Å². The SMILES string of the molecule is COc1c(C)c(F)c(C)c(C(O)C(=O)O)c1O. The minimum atomic E-state index is -2.00. The van der Waals surface area contributed by atoms with Gasteiger partial charge >= 0.3 is 5.97 Å². The first-order valence-electron chi connectivity index (χ1n) is 4.79. The maximum atomic E-state index is 13.7. The van der Waals surface area contributed by atoms with Gasteiger partial charge in [-0.25, -0.2) is 9.18 Å². The third-order valence-electron chi connectivity index (χ3n) is 2.58.